The average Bonchev–Trinajstić information content (AvgIpc) is 3.43. The third kappa shape index (κ3) is 63.1. The fourth-order valence-corrected chi connectivity index (χ4v) is 10.8. The molecule has 0 aliphatic carbocycles. The summed E-state index contributed by atoms with van der Waals surface area (Å²) >= 11 is 0. The first kappa shape index (κ1) is 75.1. The number of unbranched alkanes of at least 4 members (excludes halogenated alkanes) is 48. The number of carbonyl (C=O) groups is 2. The van der Waals surface area contributed by atoms with Crippen molar-refractivity contribution in [3.8, 4) is 0 Å². The molecule has 0 rings (SSSR count). The fraction of sp³-hybridized carbons (Fsp3) is 0.887. The highest BCUT2D eigenvalue weighted by molar-refractivity contribution is 5.76. The van der Waals surface area contributed by atoms with Crippen LogP contribution >= 0.6 is 0 Å². The standard InChI is InChI=1S/C71H135NO5/c1-3-5-7-9-11-13-15-16-17-18-19-20-28-31-34-37-40-44-47-51-55-59-63-69(74)68(67-73)72-70(75)64-60-56-52-48-45-41-38-35-32-29-26-24-22-21-23-25-27-30-33-36-39-42-46-50-54-58-62-66-77-71(76)65-61-57-53-49-43-14-12-10-8-6-4-2/h10,12,21-22,25,27,68-69,73-74H,3-9,11,13-20,23-24,26,28-67H2,1-2H3,(H,72,75)/b12-10-,22-21-,27-25-. The largest absolute Gasteiger partial charge is 0.466 e. The SMILES string of the molecule is CCCC/C=C\CCCCCCCC(=O)OCCCCCCCCCCC/C=C\C/C=C\CCCCCCCCCCCCCC(=O)NC(CO)C(O)CCCCCCCCCCCCCCCCCCCCCCCC. The minimum Gasteiger partial charge on any atom is -0.466 e. The van der Waals surface area contributed by atoms with Crippen LogP contribution in [0.15, 0.2) is 36.5 Å². The number of carbonyl (C=O) groups excluding carboxylic acids is 2. The van der Waals surface area contributed by atoms with Crippen LogP contribution < -0.4 is 5.32 Å². The van der Waals surface area contributed by atoms with E-state index >= 15 is 0 Å². The van der Waals surface area contributed by atoms with Crippen LogP contribution in [0.25, 0.3) is 0 Å². The van der Waals surface area contributed by atoms with Crippen molar-refractivity contribution in [1.82, 2.24) is 5.32 Å². The second-order valence-electron chi connectivity index (χ2n) is 23.9. The molecule has 0 aromatic carbocycles. The molecule has 0 bridgehead atoms. The Morgan fingerprint density at radius 1 is 0.364 bits per heavy atom. The number of aliphatic hydroxyl groups excluding tert-OH is 2. The minimum absolute atomic E-state index is 0.000143. The Labute approximate surface area is 481 Å². The van der Waals surface area contributed by atoms with Crippen molar-refractivity contribution < 1.29 is 24.5 Å². The van der Waals surface area contributed by atoms with Crippen molar-refractivity contribution in [2.45, 2.75) is 392 Å². The van der Waals surface area contributed by atoms with Gasteiger partial charge in [-0.3, -0.25) is 9.59 Å². The predicted molar refractivity (Wildman–Crippen MR) is 338 cm³/mol. The van der Waals surface area contributed by atoms with Gasteiger partial charge in [0, 0.05) is 12.8 Å². The van der Waals surface area contributed by atoms with E-state index in [1.165, 1.54) is 295 Å². The van der Waals surface area contributed by atoms with E-state index in [0.717, 1.165) is 51.4 Å². The zero-order valence-electron chi connectivity index (χ0n) is 52.0. The van der Waals surface area contributed by atoms with Gasteiger partial charge in [0.25, 0.3) is 0 Å². The van der Waals surface area contributed by atoms with E-state index in [0.29, 0.717) is 25.9 Å². The third-order valence-corrected chi connectivity index (χ3v) is 16.2. The molecule has 0 saturated carbocycles. The number of allylic oxidation sites excluding steroid dienone is 6. The number of nitrogens with one attached hydrogen (secondary N) is 1. The zero-order chi connectivity index (χ0) is 55.7. The van der Waals surface area contributed by atoms with Gasteiger partial charge in [0.1, 0.15) is 0 Å². The third-order valence-electron chi connectivity index (χ3n) is 16.2. The Kier molecular flexibility index (Phi) is 64.9. The van der Waals surface area contributed by atoms with Gasteiger partial charge in [0.2, 0.25) is 5.91 Å². The Bertz CT molecular complexity index is 1250. The number of rotatable bonds is 65. The molecule has 2 unspecified atom stereocenters. The van der Waals surface area contributed by atoms with Crippen LogP contribution in [0, 0.1) is 0 Å². The summed E-state index contributed by atoms with van der Waals surface area (Å²) in [5.74, 6) is -0.0344. The maximum absolute atomic E-state index is 12.5. The first-order chi connectivity index (χ1) is 38.0. The number of hydrogen-bond donors (Lipinski definition) is 3. The first-order valence-electron chi connectivity index (χ1n) is 34.7. The molecule has 0 fully saturated rings. The second-order valence-corrected chi connectivity index (χ2v) is 23.9. The van der Waals surface area contributed by atoms with Gasteiger partial charge in [-0.15, -0.1) is 0 Å². The highest BCUT2D eigenvalue weighted by Crippen LogP contribution is 2.18. The minimum atomic E-state index is -0.668. The van der Waals surface area contributed by atoms with Gasteiger partial charge >= 0.3 is 5.97 Å². The Morgan fingerprint density at radius 3 is 1.04 bits per heavy atom. The van der Waals surface area contributed by atoms with Gasteiger partial charge in [0.15, 0.2) is 0 Å². The summed E-state index contributed by atoms with van der Waals surface area (Å²) in [5.41, 5.74) is 0. The molecule has 0 aromatic heterocycles. The maximum atomic E-state index is 12.5. The fourth-order valence-electron chi connectivity index (χ4n) is 10.8. The summed E-state index contributed by atoms with van der Waals surface area (Å²) in [6.07, 6.45) is 84.7. The van der Waals surface area contributed by atoms with Crippen LogP contribution in [0.1, 0.15) is 380 Å². The van der Waals surface area contributed by atoms with Crippen molar-refractivity contribution >= 4 is 11.9 Å². The lowest BCUT2D eigenvalue weighted by molar-refractivity contribution is -0.143. The normalized spacial score (nSPS) is 12.7. The molecule has 6 nitrogen and oxygen atoms in total. The average molecular weight is 1080 g/mol. The predicted octanol–water partition coefficient (Wildman–Crippen LogP) is 22.3. The monoisotopic (exact) mass is 1080 g/mol. The van der Waals surface area contributed by atoms with E-state index < -0.39 is 12.1 Å². The van der Waals surface area contributed by atoms with Crippen LogP contribution in [0.5, 0.6) is 0 Å². The van der Waals surface area contributed by atoms with E-state index in [2.05, 4.69) is 55.6 Å². The topological polar surface area (TPSA) is 95.9 Å². The molecular formula is C71H135NO5. The highest BCUT2D eigenvalue weighted by Gasteiger charge is 2.20. The Hall–Kier alpha value is -1.92. The molecule has 6 heteroatoms. The summed E-state index contributed by atoms with van der Waals surface area (Å²) in [5, 5.41) is 23.4. The highest BCUT2D eigenvalue weighted by atomic mass is 16.5. The lowest BCUT2D eigenvalue weighted by Gasteiger charge is -2.22. The van der Waals surface area contributed by atoms with Crippen LogP contribution in [0.4, 0.5) is 0 Å². The van der Waals surface area contributed by atoms with Crippen LogP contribution in [-0.2, 0) is 14.3 Å². The van der Waals surface area contributed by atoms with Gasteiger partial charge in [-0.2, -0.15) is 0 Å². The molecule has 2 atom stereocenters. The van der Waals surface area contributed by atoms with Crippen molar-refractivity contribution in [2.75, 3.05) is 13.2 Å². The molecule has 454 valence electrons. The summed E-state index contributed by atoms with van der Waals surface area (Å²) in [7, 11) is 0. The number of ether oxygens (including phenoxy) is 1. The number of hydrogen-bond acceptors (Lipinski definition) is 5. The second kappa shape index (κ2) is 66.6. The van der Waals surface area contributed by atoms with Gasteiger partial charge in [-0.1, -0.05) is 326 Å². The van der Waals surface area contributed by atoms with Crippen LogP contribution in [-0.4, -0.2) is 47.4 Å². The van der Waals surface area contributed by atoms with Crippen LogP contribution in [0.2, 0.25) is 0 Å². The van der Waals surface area contributed by atoms with Crippen molar-refractivity contribution in [3.63, 3.8) is 0 Å². The van der Waals surface area contributed by atoms with Gasteiger partial charge < -0.3 is 20.3 Å². The molecule has 3 N–H and O–H groups in total. The lowest BCUT2D eigenvalue weighted by Crippen LogP contribution is -2.45. The quantitative estimate of drug-likeness (QED) is 0.0320. The van der Waals surface area contributed by atoms with Crippen molar-refractivity contribution in [3.05, 3.63) is 36.5 Å². The molecule has 0 aliphatic heterocycles. The Balaban J connectivity index is 3.43. The number of esters is 1. The molecular weight excluding hydrogens is 947 g/mol. The van der Waals surface area contributed by atoms with Crippen LogP contribution in [0.3, 0.4) is 0 Å². The summed E-state index contributed by atoms with van der Waals surface area (Å²) in [6, 6.07) is -0.545. The summed E-state index contributed by atoms with van der Waals surface area (Å²) < 4.78 is 5.46. The molecule has 0 heterocycles. The smallest absolute Gasteiger partial charge is 0.305 e. The van der Waals surface area contributed by atoms with Gasteiger partial charge in [0.05, 0.1) is 25.4 Å². The van der Waals surface area contributed by atoms with E-state index in [-0.39, 0.29) is 18.5 Å². The van der Waals surface area contributed by atoms with E-state index in [1.54, 1.807) is 0 Å². The molecule has 0 spiro atoms. The lowest BCUT2D eigenvalue weighted by atomic mass is 10.0. The maximum Gasteiger partial charge on any atom is 0.305 e. The van der Waals surface area contributed by atoms with Gasteiger partial charge in [-0.05, 0) is 77.0 Å². The van der Waals surface area contributed by atoms with E-state index in [9.17, 15) is 19.8 Å². The van der Waals surface area contributed by atoms with E-state index in [4.69, 9.17) is 4.74 Å². The first-order valence-corrected chi connectivity index (χ1v) is 34.7. The summed E-state index contributed by atoms with van der Waals surface area (Å²) in [4.78, 5) is 24.5. The number of amides is 1. The van der Waals surface area contributed by atoms with Crippen molar-refractivity contribution in [1.29, 1.82) is 0 Å². The van der Waals surface area contributed by atoms with E-state index in [1.807, 2.05) is 0 Å². The molecule has 0 saturated heterocycles. The van der Waals surface area contributed by atoms with Gasteiger partial charge in [-0.25, -0.2) is 0 Å². The molecule has 0 radical (unpaired) electrons. The number of aliphatic hydroxyl groups is 2. The van der Waals surface area contributed by atoms with Crippen molar-refractivity contribution in [2.24, 2.45) is 0 Å². The molecule has 0 aliphatic rings. The molecule has 77 heavy (non-hydrogen) atoms. The molecule has 1 amide bonds. The zero-order valence-corrected chi connectivity index (χ0v) is 52.0. The Morgan fingerprint density at radius 2 is 0.662 bits per heavy atom. The molecule has 0 aromatic rings. The summed E-state index contributed by atoms with van der Waals surface area (Å²) in [6.45, 7) is 4.94.